The lowest BCUT2D eigenvalue weighted by Crippen LogP contribution is -2.16. The molecule has 8 aromatic rings. The first kappa shape index (κ1) is 35.0. The maximum Gasteiger partial charge on any atom is 0.0465 e. The van der Waals surface area contributed by atoms with Gasteiger partial charge in [0.05, 0.1) is 0 Å². The van der Waals surface area contributed by atoms with Crippen molar-refractivity contribution in [3.05, 3.63) is 198 Å². The fourth-order valence-electron chi connectivity index (χ4n) is 11.0. The average molecular weight is 748 g/mol. The predicted molar refractivity (Wildman–Crippen MR) is 245 cm³/mol. The number of aryl methyl sites for hydroxylation is 1. The number of fused-ring (bicyclic) bond motifs is 6. The summed E-state index contributed by atoms with van der Waals surface area (Å²) in [7, 11) is 0. The Balaban J connectivity index is 0.989. The predicted octanol–water partition coefficient (Wildman–Crippen LogP) is 15.8. The monoisotopic (exact) mass is 747 g/mol. The molecule has 2 saturated carbocycles. The zero-order chi connectivity index (χ0) is 39.0. The lowest BCUT2D eigenvalue weighted by atomic mass is 9.82. The molecule has 3 aliphatic rings. The van der Waals surface area contributed by atoms with Gasteiger partial charge in [0.15, 0.2) is 0 Å². The summed E-state index contributed by atoms with van der Waals surface area (Å²) in [6, 6.07) is 66.1. The smallest absolute Gasteiger partial charge is 0.0465 e. The Bertz CT molecular complexity index is 2810. The van der Waals surface area contributed by atoms with Crippen molar-refractivity contribution in [1.82, 2.24) is 0 Å². The van der Waals surface area contributed by atoms with Crippen LogP contribution in [0.4, 0.5) is 17.1 Å². The zero-order valence-corrected chi connectivity index (χ0v) is 33.8. The van der Waals surface area contributed by atoms with E-state index in [-0.39, 0.29) is 5.41 Å². The minimum atomic E-state index is -0.0970. The number of benzene rings is 8. The molecule has 282 valence electrons. The molecule has 11 rings (SSSR count). The Morgan fingerprint density at radius 2 is 1.05 bits per heavy atom. The Labute approximate surface area is 343 Å². The standard InChI is InChI=1S/C57H49N/c1-37-10-9-15-54-56(37)50-31-30-49(36-55(50)57(54,2)3)58(47-26-22-40(23-27-47)39-18-20-42(21-19-39)51-33-38-16-17-46(51)32-38)48-28-24-43(25-29-48)53-35-45-14-8-7-13-44(45)34-52(53)41-11-5-4-6-12-41/h4-15,18-31,34-36,38,46,51H,16-17,32-33H2,1-3H3. The minimum absolute atomic E-state index is 0.0970. The number of hydrogen-bond donors (Lipinski definition) is 0. The van der Waals surface area contributed by atoms with Crippen LogP contribution in [0.5, 0.6) is 0 Å². The van der Waals surface area contributed by atoms with Gasteiger partial charge in [0, 0.05) is 22.5 Å². The molecule has 0 spiro atoms. The van der Waals surface area contributed by atoms with Crippen molar-refractivity contribution in [2.24, 2.45) is 11.8 Å². The first-order valence-corrected chi connectivity index (χ1v) is 21.3. The van der Waals surface area contributed by atoms with Gasteiger partial charge in [-0.3, -0.25) is 0 Å². The van der Waals surface area contributed by atoms with Crippen LogP contribution in [-0.2, 0) is 5.41 Å². The van der Waals surface area contributed by atoms with Crippen molar-refractivity contribution in [2.75, 3.05) is 4.90 Å². The van der Waals surface area contributed by atoms with Crippen molar-refractivity contribution < 1.29 is 0 Å². The molecule has 0 radical (unpaired) electrons. The van der Waals surface area contributed by atoms with E-state index in [0.29, 0.717) is 0 Å². The van der Waals surface area contributed by atoms with Gasteiger partial charge in [0.2, 0.25) is 0 Å². The van der Waals surface area contributed by atoms with Crippen LogP contribution in [0.1, 0.15) is 67.7 Å². The van der Waals surface area contributed by atoms with Gasteiger partial charge in [-0.15, -0.1) is 0 Å². The van der Waals surface area contributed by atoms with E-state index in [1.54, 1.807) is 5.56 Å². The second-order valence-corrected chi connectivity index (χ2v) is 17.8. The summed E-state index contributed by atoms with van der Waals surface area (Å²) in [5, 5.41) is 2.50. The van der Waals surface area contributed by atoms with E-state index < -0.39 is 0 Å². The fraction of sp³-hybridized carbons (Fsp3) is 0.193. The topological polar surface area (TPSA) is 3.24 Å². The third kappa shape index (κ3) is 5.82. The largest absolute Gasteiger partial charge is 0.310 e. The van der Waals surface area contributed by atoms with E-state index in [9.17, 15) is 0 Å². The summed E-state index contributed by atoms with van der Waals surface area (Å²) in [4.78, 5) is 2.44. The molecule has 0 aliphatic heterocycles. The molecule has 2 bridgehead atoms. The van der Waals surface area contributed by atoms with Crippen molar-refractivity contribution in [1.29, 1.82) is 0 Å². The lowest BCUT2D eigenvalue weighted by Gasteiger charge is -2.28. The molecule has 8 aromatic carbocycles. The van der Waals surface area contributed by atoms with Crippen LogP contribution in [0, 0.1) is 18.8 Å². The highest BCUT2D eigenvalue weighted by molar-refractivity contribution is 5.97. The van der Waals surface area contributed by atoms with E-state index >= 15 is 0 Å². The summed E-state index contributed by atoms with van der Waals surface area (Å²) >= 11 is 0. The van der Waals surface area contributed by atoms with E-state index in [1.165, 1.54) is 103 Å². The van der Waals surface area contributed by atoms with Gasteiger partial charge in [0.25, 0.3) is 0 Å². The van der Waals surface area contributed by atoms with Crippen LogP contribution in [0.25, 0.3) is 55.3 Å². The third-order valence-corrected chi connectivity index (χ3v) is 14.1. The van der Waals surface area contributed by atoms with Crippen LogP contribution in [0.2, 0.25) is 0 Å². The molecule has 3 aliphatic carbocycles. The van der Waals surface area contributed by atoms with Gasteiger partial charge in [0.1, 0.15) is 0 Å². The number of anilines is 3. The molecular formula is C57H49N. The highest BCUT2D eigenvalue weighted by Crippen LogP contribution is 2.54. The van der Waals surface area contributed by atoms with E-state index in [4.69, 9.17) is 0 Å². The van der Waals surface area contributed by atoms with Crippen LogP contribution in [-0.4, -0.2) is 0 Å². The molecule has 1 heteroatoms. The van der Waals surface area contributed by atoms with Gasteiger partial charge < -0.3 is 4.90 Å². The van der Waals surface area contributed by atoms with E-state index in [2.05, 4.69) is 202 Å². The van der Waals surface area contributed by atoms with Gasteiger partial charge in [-0.25, -0.2) is 0 Å². The molecule has 58 heavy (non-hydrogen) atoms. The molecule has 3 atom stereocenters. The maximum absolute atomic E-state index is 2.45. The van der Waals surface area contributed by atoms with Crippen molar-refractivity contribution >= 4 is 27.8 Å². The van der Waals surface area contributed by atoms with E-state index in [1.807, 2.05) is 0 Å². The van der Waals surface area contributed by atoms with Crippen LogP contribution >= 0.6 is 0 Å². The Hall–Kier alpha value is -6.18. The molecule has 0 saturated heterocycles. The second kappa shape index (κ2) is 13.7. The third-order valence-electron chi connectivity index (χ3n) is 14.1. The van der Waals surface area contributed by atoms with Gasteiger partial charge in [-0.2, -0.15) is 0 Å². The molecule has 0 amide bonds. The Morgan fingerprint density at radius 3 is 1.67 bits per heavy atom. The van der Waals surface area contributed by atoms with Crippen molar-refractivity contribution in [2.45, 2.75) is 57.8 Å². The van der Waals surface area contributed by atoms with Gasteiger partial charge in [-0.05, 0) is 170 Å². The highest BCUT2D eigenvalue weighted by Gasteiger charge is 2.40. The second-order valence-electron chi connectivity index (χ2n) is 17.8. The summed E-state index contributed by atoms with van der Waals surface area (Å²) in [5.74, 6) is 2.62. The maximum atomic E-state index is 2.45. The molecule has 2 fully saturated rings. The SMILES string of the molecule is Cc1cccc2c1-c1ccc(N(c3ccc(-c4ccc(C5CC6CCC5C6)cc4)cc3)c3ccc(-c4cc5ccccc5cc4-c4ccccc4)cc3)cc1C2(C)C. The fourth-order valence-corrected chi connectivity index (χ4v) is 11.0. The number of rotatable bonds is 7. The van der Waals surface area contributed by atoms with Crippen LogP contribution in [0.15, 0.2) is 176 Å². The first-order valence-electron chi connectivity index (χ1n) is 21.3. The number of nitrogens with zero attached hydrogens (tertiary/aromatic N) is 1. The quantitative estimate of drug-likeness (QED) is 0.157. The van der Waals surface area contributed by atoms with Crippen LogP contribution < -0.4 is 4.90 Å². The number of hydrogen-bond acceptors (Lipinski definition) is 1. The Morgan fingerprint density at radius 1 is 0.466 bits per heavy atom. The van der Waals surface area contributed by atoms with Crippen LogP contribution in [0.3, 0.4) is 0 Å². The van der Waals surface area contributed by atoms with Gasteiger partial charge >= 0.3 is 0 Å². The Kier molecular flexibility index (Phi) is 8.29. The summed E-state index contributed by atoms with van der Waals surface area (Å²) in [6.45, 7) is 7.01. The molecule has 0 N–H and O–H groups in total. The summed E-state index contributed by atoms with van der Waals surface area (Å²) in [5.41, 5.74) is 19.2. The van der Waals surface area contributed by atoms with Crippen molar-refractivity contribution in [3.8, 4) is 44.5 Å². The van der Waals surface area contributed by atoms with E-state index in [0.717, 1.165) is 29.1 Å². The lowest BCUT2D eigenvalue weighted by molar-refractivity contribution is 0.420. The highest BCUT2D eigenvalue weighted by atomic mass is 15.1. The molecular weight excluding hydrogens is 699 g/mol. The average Bonchev–Trinajstić information content (AvgIpc) is 3.97. The molecule has 0 aromatic heterocycles. The first-order chi connectivity index (χ1) is 28.4. The molecule has 3 unspecified atom stereocenters. The van der Waals surface area contributed by atoms with Gasteiger partial charge in [-0.1, -0.05) is 148 Å². The summed E-state index contributed by atoms with van der Waals surface area (Å²) in [6.07, 6.45) is 5.70. The zero-order valence-electron chi connectivity index (χ0n) is 33.8. The molecule has 0 heterocycles. The normalized spacial score (nSPS) is 18.6. The molecule has 1 nitrogen and oxygen atoms in total. The summed E-state index contributed by atoms with van der Waals surface area (Å²) < 4.78 is 0. The van der Waals surface area contributed by atoms with Crippen molar-refractivity contribution in [3.63, 3.8) is 0 Å². The minimum Gasteiger partial charge on any atom is -0.310 e.